The minimum absolute atomic E-state index is 0.649. The van der Waals surface area contributed by atoms with Gasteiger partial charge in [-0.25, -0.2) is 0 Å². The Hall–Kier alpha value is -0.860. The fourth-order valence-electron chi connectivity index (χ4n) is 6.27. The second kappa shape index (κ2) is 6.46. The summed E-state index contributed by atoms with van der Waals surface area (Å²) >= 11 is 0. The number of hydrogen-bond donors (Lipinski definition) is 0. The van der Waals surface area contributed by atoms with E-state index in [0.29, 0.717) is 12.1 Å². The topological polar surface area (TPSA) is 6.48 Å². The van der Waals surface area contributed by atoms with Crippen molar-refractivity contribution < 1.29 is 0 Å². The van der Waals surface area contributed by atoms with Crippen molar-refractivity contribution in [2.75, 3.05) is 6.54 Å². The summed E-state index contributed by atoms with van der Waals surface area (Å²) in [6, 6.07) is 2.12. The first-order valence-corrected chi connectivity index (χ1v) is 10.5. The van der Waals surface area contributed by atoms with Gasteiger partial charge in [-0.2, -0.15) is 0 Å². The van der Waals surface area contributed by atoms with Gasteiger partial charge in [0.25, 0.3) is 0 Å². The predicted octanol–water partition coefficient (Wildman–Crippen LogP) is 4.65. The Morgan fingerprint density at radius 2 is 1.67 bits per heavy atom. The normalized spacial score (nSPS) is 42.8. The van der Waals surface area contributed by atoms with Gasteiger partial charge in [0.15, 0.2) is 0 Å². The summed E-state index contributed by atoms with van der Waals surface area (Å²) < 4.78 is 0. The lowest BCUT2D eigenvalue weighted by molar-refractivity contribution is 0.0789. The summed E-state index contributed by atoms with van der Waals surface area (Å²) in [5, 5.41) is 0. The van der Waals surface area contributed by atoms with E-state index >= 15 is 0 Å². The van der Waals surface area contributed by atoms with E-state index in [1.807, 2.05) is 5.57 Å². The predicted molar refractivity (Wildman–Crippen MR) is 99.7 cm³/mol. The molecule has 3 aliphatic carbocycles. The van der Waals surface area contributed by atoms with Crippen molar-refractivity contribution in [2.24, 2.45) is 5.92 Å². The summed E-state index contributed by atoms with van der Waals surface area (Å²) in [5.74, 6) is 0.918. The van der Waals surface area contributed by atoms with Crippen molar-refractivity contribution in [3.8, 4) is 0 Å². The Balaban J connectivity index is 1.29. The Kier molecular flexibility index (Phi) is 4.14. The lowest BCUT2D eigenvalue weighted by Crippen LogP contribution is -2.47. The van der Waals surface area contributed by atoms with Crippen LogP contribution >= 0.6 is 0 Å². The minimum atomic E-state index is 0.649. The van der Waals surface area contributed by atoms with Gasteiger partial charge in [-0.15, -0.1) is 0 Å². The molecule has 0 aromatic carbocycles. The molecule has 0 amide bonds. The van der Waals surface area contributed by atoms with E-state index in [0.717, 1.165) is 18.1 Å². The van der Waals surface area contributed by atoms with E-state index in [-0.39, 0.29) is 0 Å². The van der Waals surface area contributed by atoms with Crippen LogP contribution in [0.4, 0.5) is 0 Å². The molecular formula is C22H32N2. The highest BCUT2D eigenvalue weighted by atomic mass is 15.5. The summed E-state index contributed by atoms with van der Waals surface area (Å²) in [5.41, 5.74) is 1.82. The van der Waals surface area contributed by atoms with E-state index in [1.165, 1.54) is 70.8 Å². The molecule has 2 heterocycles. The van der Waals surface area contributed by atoms with Crippen LogP contribution in [-0.2, 0) is 0 Å². The Morgan fingerprint density at radius 1 is 0.833 bits per heavy atom. The van der Waals surface area contributed by atoms with Crippen molar-refractivity contribution in [1.29, 1.82) is 0 Å². The van der Waals surface area contributed by atoms with Gasteiger partial charge in [-0.05, 0) is 70.1 Å². The zero-order valence-electron chi connectivity index (χ0n) is 14.9. The molecule has 5 aliphatic rings. The van der Waals surface area contributed by atoms with Crippen molar-refractivity contribution >= 4 is 0 Å². The Morgan fingerprint density at radius 3 is 2.46 bits per heavy atom. The molecule has 2 aliphatic heterocycles. The third kappa shape index (κ3) is 2.54. The van der Waals surface area contributed by atoms with Gasteiger partial charge in [0, 0.05) is 24.7 Å². The van der Waals surface area contributed by atoms with Gasteiger partial charge in [-0.1, -0.05) is 36.0 Å². The minimum Gasteiger partial charge on any atom is -0.279 e. The van der Waals surface area contributed by atoms with E-state index < -0.39 is 0 Å². The average molecular weight is 325 g/mol. The average Bonchev–Trinajstić information content (AvgIpc) is 3.23. The fourth-order valence-corrected chi connectivity index (χ4v) is 6.27. The van der Waals surface area contributed by atoms with Crippen molar-refractivity contribution in [1.82, 2.24) is 9.80 Å². The molecule has 1 saturated carbocycles. The number of hydrogen-bond acceptors (Lipinski definition) is 2. The van der Waals surface area contributed by atoms with Gasteiger partial charge < -0.3 is 0 Å². The van der Waals surface area contributed by atoms with E-state index in [2.05, 4.69) is 40.2 Å². The van der Waals surface area contributed by atoms with Crippen LogP contribution in [0, 0.1) is 5.92 Å². The largest absolute Gasteiger partial charge is 0.279 e. The van der Waals surface area contributed by atoms with Gasteiger partial charge in [0.1, 0.15) is 0 Å². The van der Waals surface area contributed by atoms with E-state index in [4.69, 9.17) is 0 Å². The molecule has 0 bridgehead atoms. The van der Waals surface area contributed by atoms with Crippen LogP contribution < -0.4 is 0 Å². The molecule has 24 heavy (non-hydrogen) atoms. The third-order valence-corrected chi connectivity index (χ3v) is 7.38. The molecule has 0 radical (unpaired) electrons. The molecule has 0 N–H and O–H groups in total. The summed E-state index contributed by atoms with van der Waals surface area (Å²) in [4.78, 5) is 5.73. The van der Waals surface area contributed by atoms with Gasteiger partial charge >= 0.3 is 0 Å². The molecule has 2 saturated heterocycles. The molecule has 130 valence electrons. The summed E-state index contributed by atoms with van der Waals surface area (Å²) in [7, 11) is 0. The maximum Gasteiger partial charge on any atom is 0.0637 e. The van der Waals surface area contributed by atoms with Crippen molar-refractivity contribution in [3.05, 3.63) is 36.0 Å². The zero-order valence-corrected chi connectivity index (χ0v) is 14.9. The first kappa shape index (κ1) is 15.4. The maximum absolute atomic E-state index is 2.93. The quantitative estimate of drug-likeness (QED) is 0.682. The maximum atomic E-state index is 2.93. The van der Waals surface area contributed by atoms with Crippen LogP contribution in [-0.4, -0.2) is 40.6 Å². The lowest BCUT2D eigenvalue weighted by Gasteiger charge is -2.41. The number of fused-ring (bicyclic) bond motifs is 3. The highest BCUT2D eigenvalue weighted by molar-refractivity contribution is 5.25. The van der Waals surface area contributed by atoms with Crippen LogP contribution in [0.1, 0.15) is 64.2 Å². The molecule has 5 rings (SSSR count). The standard InChI is InChI=1S/C22H32N2/c1-2-7-17(8-3-1)18-12-14-19(15-13-18)24-21-10-5-4-9-20(21)23-16-6-11-22(23)24/h4-5,7,9-10,18-22H,1-3,6,8,11-16H2. The summed E-state index contributed by atoms with van der Waals surface area (Å²) in [6.07, 6.45) is 26.9. The lowest BCUT2D eigenvalue weighted by atomic mass is 9.77. The van der Waals surface area contributed by atoms with Crippen LogP contribution in [0.2, 0.25) is 0 Å². The van der Waals surface area contributed by atoms with Crippen LogP contribution in [0.3, 0.4) is 0 Å². The van der Waals surface area contributed by atoms with Gasteiger partial charge in [0.05, 0.1) is 6.17 Å². The molecule has 0 aromatic heterocycles. The fraction of sp³-hybridized carbons (Fsp3) is 0.727. The van der Waals surface area contributed by atoms with Crippen LogP contribution in [0.5, 0.6) is 0 Å². The third-order valence-electron chi connectivity index (χ3n) is 7.38. The van der Waals surface area contributed by atoms with E-state index in [1.54, 1.807) is 0 Å². The monoisotopic (exact) mass is 324 g/mol. The van der Waals surface area contributed by atoms with Crippen LogP contribution in [0.25, 0.3) is 0 Å². The van der Waals surface area contributed by atoms with Gasteiger partial charge in [0.2, 0.25) is 0 Å². The zero-order chi connectivity index (χ0) is 15.9. The Bertz CT molecular complexity index is 552. The molecule has 3 atom stereocenters. The van der Waals surface area contributed by atoms with Crippen molar-refractivity contribution in [2.45, 2.75) is 88.5 Å². The highest BCUT2D eigenvalue weighted by Gasteiger charge is 2.50. The molecule has 0 spiro atoms. The number of rotatable bonds is 2. The first-order chi connectivity index (χ1) is 11.9. The molecule has 2 heteroatoms. The number of allylic oxidation sites excluding steroid dienone is 4. The van der Waals surface area contributed by atoms with E-state index in [9.17, 15) is 0 Å². The smallest absolute Gasteiger partial charge is 0.0637 e. The molecule has 2 nitrogen and oxygen atoms in total. The van der Waals surface area contributed by atoms with Gasteiger partial charge in [-0.3, -0.25) is 9.80 Å². The van der Waals surface area contributed by atoms with Crippen molar-refractivity contribution in [3.63, 3.8) is 0 Å². The molecule has 3 unspecified atom stereocenters. The first-order valence-electron chi connectivity index (χ1n) is 10.5. The Labute approximate surface area is 147 Å². The number of nitrogens with zero attached hydrogens (tertiary/aromatic N) is 2. The summed E-state index contributed by atoms with van der Waals surface area (Å²) in [6.45, 7) is 1.31. The second-order valence-electron chi connectivity index (χ2n) is 8.59. The molecule has 3 fully saturated rings. The molecule has 0 aromatic rings. The molecular weight excluding hydrogens is 292 g/mol. The SMILES string of the molecule is C1=CC2C(C=C1)N(C1CCC(C3=CCCCC3)CC1)C1CCCN21. The van der Waals surface area contributed by atoms with Crippen LogP contribution in [0.15, 0.2) is 36.0 Å². The second-order valence-corrected chi connectivity index (χ2v) is 8.59. The highest BCUT2D eigenvalue weighted by Crippen LogP contribution is 2.43.